The van der Waals surface area contributed by atoms with Crippen LogP contribution in [-0.2, 0) is 21.9 Å². The third kappa shape index (κ3) is 4.05. The van der Waals surface area contributed by atoms with Crippen molar-refractivity contribution < 1.29 is 35.9 Å². The molecule has 1 heterocycles. The molecule has 0 unspecified atom stereocenters. The molecule has 27 heavy (non-hydrogen) atoms. The van der Waals surface area contributed by atoms with Gasteiger partial charge < -0.3 is 4.74 Å². The second kappa shape index (κ2) is 6.61. The highest BCUT2D eigenvalue weighted by Crippen LogP contribution is 2.35. The molecule has 0 radical (unpaired) electrons. The predicted molar refractivity (Wildman–Crippen MR) is 84.1 cm³/mol. The van der Waals surface area contributed by atoms with E-state index in [0.717, 1.165) is 30.3 Å². The molecule has 0 aromatic heterocycles. The summed E-state index contributed by atoms with van der Waals surface area (Å²) in [5.41, 5.74) is -1.02. The minimum Gasteiger partial charge on any atom is -0.423 e. The lowest BCUT2D eigenvalue weighted by Crippen LogP contribution is -2.06. The van der Waals surface area contributed by atoms with Crippen LogP contribution in [0.2, 0.25) is 0 Å². The normalized spacial score (nSPS) is 14.4. The van der Waals surface area contributed by atoms with Crippen LogP contribution in [0.1, 0.15) is 22.3 Å². The zero-order valence-corrected chi connectivity index (χ0v) is 13.4. The van der Waals surface area contributed by atoms with E-state index in [1.807, 2.05) is 0 Å². The van der Waals surface area contributed by atoms with Crippen LogP contribution in [-0.4, -0.2) is 5.97 Å². The fourth-order valence-corrected chi connectivity index (χ4v) is 2.56. The average Bonchev–Trinajstić information content (AvgIpc) is 3.00. The molecule has 140 valence electrons. The van der Waals surface area contributed by atoms with E-state index in [2.05, 4.69) is 0 Å². The van der Waals surface area contributed by atoms with Crippen LogP contribution in [0.15, 0.2) is 66.4 Å². The molecule has 0 saturated carbocycles. The molecule has 0 saturated heterocycles. The second-order valence-corrected chi connectivity index (χ2v) is 5.64. The molecule has 0 fully saturated rings. The lowest BCUT2D eigenvalue weighted by molar-refractivity contribution is -0.138. The van der Waals surface area contributed by atoms with Crippen molar-refractivity contribution in [1.29, 1.82) is 0 Å². The summed E-state index contributed by atoms with van der Waals surface area (Å²) in [6.45, 7) is 0. The van der Waals surface area contributed by atoms with Crippen molar-refractivity contribution in [2.75, 3.05) is 0 Å². The molecule has 1 aliphatic heterocycles. The molecule has 0 N–H and O–H groups in total. The van der Waals surface area contributed by atoms with Crippen LogP contribution in [0.3, 0.4) is 0 Å². The van der Waals surface area contributed by atoms with Gasteiger partial charge in [-0.2, -0.15) is 26.3 Å². The molecule has 0 aliphatic carbocycles. The molecule has 0 amide bonds. The van der Waals surface area contributed by atoms with Crippen LogP contribution in [0.25, 0.3) is 5.57 Å². The standard InChI is InChI=1S/C19H10F6O2/c20-18(21,22)13-5-1-11(2-6-13)17(15-9-10-16(26)27-15)12-3-7-14(8-4-12)19(23,24)25/h1-10H. The Bertz CT molecular complexity index is 857. The summed E-state index contributed by atoms with van der Waals surface area (Å²) >= 11 is 0. The van der Waals surface area contributed by atoms with Crippen LogP contribution < -0.4 is 0 Å². The van der Waals surface area contributed by atoms with Crippen molar-refractivity contribution in [1.82, 2.24) is 0 Å². The second-order valence-electron chi connectivity index (χ2n) is 5.64. The molecule has 2 aromatic carbocycles. The zero-order chi connectivity index (χ0) is 19.8. The smallest absolute Gasteiger partial charge is 0.416 e. The molecule has 0 atom stereocenters. The van der Waals surface area contributed by atoms with E-state index in [1.165, 1.54) is 30.3 Å². The number of esters is 1. The number of alkyl halides is 6. The van der Waals surface area contributed by atoms with Gasteiger partial charge in [0.15, 0.2) is 0 Å². The third-order valence-corrected chi connectivity index (χ3v) is 3.83. The third-order valence-electron chi connectivity index (χ3n) is 3.83. The van der Waals surface area contributed by atoms with Gasteiger partial charge >= 0.3 is 18.3 Å². The Morgan fingerprint density at radius 3 is 1.37 bits per heavy atom. The van der Waals surface area contributed by atoms with Gasteiger partial charge in [-0.1, -0.05) is 24.3 Å². The first kappa shape index (κ1) is 18.8. The molecule has 1 aliphatic rings. The summed E-state index contributed by atoms with van der Waals surface area (Å²) in [7, 11) is 0. The zero-order valence-electron chi connectivity index (χ0n) is 13.4. The molecule has 0 spiro atoms. The van der Waals surface area contributed by atoms with E-state index in [4.69, 9.17) is 4.74 Å². The van der Waals surface area contributed by atoms with Crippen LogP contribution in [0.4, 0.5) is 26.3 Å². The first-order chi connectivity index (χ1) is 12.6. The molecule has 0 bridgehead atoms. The number of halogens is 6. The van der Waals surface area contributed by atoms with Gasteiger partial charge in [0.1, 0.15) is 5.76 Å². The van der Waals surface area contributed by atoms with Gasteiger partial charge in [-0.15, -0.1) is 0 Å². The van der Waals surface area contributed by atoms with E-state index in [9.17, 15) is 31.1 Å². The highest BCUT2D eigenvalue weighted by molar-refractivity contribution is 5.92. The van der Waals surface area contributed by atoms with Gasteiger partial charge in [-0.05, 0) is 41.5 Å². The quantitative estimate of drug-likeness (QED) is 0.498. The Balaban J connectivity index is 2.09. The Kier molecular flexibility index (Phi) is 4.59. The van der Waals surface area contributed by atoms with Crippen molar-refractivity contribution in [2.45, 2.75) is 12.4 Å². The number of carbonyl (C=O) groups is 1. The van der Waals surface area contributed by atoms with Gasteiger partial charge in [-0.3, -0.25) is 0 Å². The van der Waals surface area contributed by atoms with Gasteiger partial charge in [0.2, 0.25) is 0 Å². The molecule has 3 rings (SSSR count). The van der Waals surface area contributed by atoms with Crippen molar-refractivity contribution in [3.8, 4) is 0 Å². The van der Waals surface area contributed by atoms with E-state index in [0.29, 0.717) is 0 Å². The Morgan fingerprint density at radius 1 is 0.667 bits per heavy atom. The fourth-order valence-electron chi connectivity index (χ4n) is 2.56. The first-order valence-electron chi connectivity index (χ1n) is 7.55. The highest BCUT2D eigenvalue weighted by Gasteiger charge is 2.31. The van der Waals surface area contributed by atoms with Gasteiger partial charge in [0.25, 0.3) is 0 Å². The minimum absolute atomic E-state index is 0.0412. The lowest BCUT2D eigenvalue weighted by Gasteiger charge is -2.14. The Hall–Kier alpha value is -3.03. The first-order valence-corrected chi connectivity index (χ1v) is 7.55. The summed E-state index contributed by atoms with van der Waals surface area (Å²) in [5.74, 6) is -0.638. The van der Waals surface area contributed by atoms with Crippen LogP contribution >= 0.6 is 0 Å². The fraction of sp³-hybridized carbons (Fsp3) is 0.105. The SMILES string of the molecule is O=C1C=CC(=C(c2ccc(C(F)(F)F)cc2)c2ccc(C(F)(F)F)cc2)O1. The van der Waals surface area contributed by atoms with E-state index < -0.39 is 29.4 Å². The highest BCUT2D eigenvalue weighted by atomic mass is 19.4. The summed E-state index contributed by atoms with van der Waals surface area (Å²) in [5, 5.41) is 0. The van der Waals surface area contributed by atoms with Crippen molar-refractivity contribution in [2.24, 2.45) is 0 Å². The topological polar surface area (TPSA) is 26.3 Å². The Morgan fingerprint density at radius 2 is 1.07 bits per heavy atom. The van der Waals surface area contributed by atoms with E-state index in [1.54, 1.807) is 0 Å². The number of allylic oxidation sites excluding steroid dienone is 1. The maximum absolute atomic E-state index is 12.8. The molecular weight excluding hydrogens is 374 g/mol. The van der Waals surface area contributed by atoms with Gasteiger partial charge in [0.05, 0.1) is 11.1 Å². The molecule has 2 nitrogen and oxygen atoms in total. The Labute approximate surface area is 149 Å². The van der Waals surface area contributed by atoms with Crippen LogP contribution in [0, 0.1) is 0 Å². The molecular formula is C19H10F6O2. The predicted octanol–water partition coefficient (Wildman–Crippen LogP) is 5.60. The number of ether oxygens (including phenoxy) is 1. The summed E-state index contributed by atoms with van der Waals surface area (Å²) < 4.78 is 81.5. The van der Waals surface area contributed by atoms with Crippen molar-refractivity contribution in [3.05, 3.63) is 88.7 Å². The minimum atomic E-state index is -4.53. The van der Waals surface area contributed by atoms with Crippen LogP contribution in [0.5, 0.6) is 0 Å². The number of carbonyl (C=O) groups excluding carboxylic acids is 1. The molecule has 2 aromatic rings. The van der Waals surface area contributed by atoms with Crippen molar-refractivity contribution >= 4 is 11.5 Å². The largest absolute Gasteiger partial charge is 0.423 e. The summed E-state index contributed by atoms with van der Waals surface area (Å²) in [4.78, 5) is 11.4. The number of cyclic esters (lactones) is 1. The summed E-state index contributed by atoms with van der Waals surface area (Å²) in [6, 6.07) is 8.07. The van der Waals surface area contributed by atoms with Crippen molar-refractivity contribution in [3.63, 3.8) is 0 Å². The number of benzene rings is 2. The average molecular weight is 384 g/mol. The maximum Gasteiger partial charge on any atom is 0.416 e. The van der Waals surface area contributed by atoms with Gasteiger partial charge in [-0.25, -0.2) is 4.79 Å². The number of hydrogen-bond donors (Lipinski definition) is 0. The van der Waals surface area contributed by atoms with E-state index in [-0.39, 0.29) is 22.5 Å². The molecule has 8 heteroatoms. The monoisotopic (exact) mass is 384 g/mol. The van der Waals surface area contributed by atoms with Gasteiger partial charge in [0, 0.05) is 11.6 Å². The maximum atomic E-state index is 12.8. The number of hydrogen-bond acceptors (Lipinski definition) is 2. The van der Waals surface area contributed by atoms with E-state index >= 15 is 0 Å². The lowest BCUT2D eigenvalue weighted by atomic mass is 9.95. The number of rotatable bonds is 2. The summed E-state index contributed by atoms with van der Waals surface area (Å²) in [6.07, 6.45) is -6.63.